The molecule has 0 bridgehead atoms. The van der Waals surface area contributed by atoms with Gasteiger partial charge in [-0.1, -0.05) is 48.5 Å². The van der Waals surface area contributed by atoms with E-state index < -0.39 is 6.09 Å². The first kappa shape index (κ1) is 22.0. The van der Waals surface area contributed by atoms with Crippen LogP contribution in [0.4, 0.5) is 16.3 Å². The number of hydrogen-bond acceptors (Lipinski definition) is 6. The normalized spacial score (nSPS) is 18.9. The molecular weight excluding hydrogens is 430 g/mol. The van der Waals surface area contributed by atoms with E-state index >= 15 is 0 Å². The summed E-state index contributed by atoms with van der Waals surface area (Å²) in [5.41, 5.74) is 12.2. The van der Waals surface area contributed by atoms with E-state index in [4.69, 9.17) is 10.5 Å². The average Bonchev–Trinajstić information content (AvgIpc) is 3.19. The van der Waals surface area contributed by atoms with Gasteiger partial charge in [-0.05, 0) is 49.3 Å². The van der Waals surface area contributed by atoms with Gasteiger partial charge < -0.3 is 21.1 Å². The van der Waals surface area contributed by atoms with E-state index in [0.29, 0.717) is 31.5 Å². The van der Waals surface area contributed by atoms with Crippen molar-refractivity contribution in [1.82, 2.24) is 15.1 Å². The molecule has 1 amide bonds. The molecule has 8 nitrogen and oxygen atoms in total. The topological polar surface area (TPSA) is 111 Å². The molecule has 1 aliphatic heterocycles. The van der Waals surface area contributed by atoms with Crippen molar-refractivity contribution in [3.63, 3.8) is 0 Å². The second kappa shape index (κ2) is 9.21. The van der Waals surface area contributed by atoms with Gasteiger partial charge >= 0.3 is 6.09 Å². The zero-order chi connectivity index (χ0) is 23.7. The van der Waals surface area contributed by atoms with E-state index in [2.05, 4.69) is 15.7 Å². The van der Waals surface area contributed by atoms with Gasteiger partial charge in [0.1, 0.15) is 12.4 Å². The van der Waals surface area contributed by atoms with Crippen molar-refractivity contribution in [1.29, 1.82) is 0 Å². The van der Waals surface area contributed by atoms with Crippen LogP contribution in [-0.2, 0) is 24.2 Å². The van der Waals surface area contributed by atoms with Gasteiger partial charge in [0.05, 0.1) is 11.6 Å². The van der Waals surface area contributed by atoms with E-state index in [1.54, 1.807) is 0 Å². The van der Waals surface area contributed by atoms with Gasteiger partial charge in [0.25, 0.3) is 5.91 Å². The maximum Gasteiger partial charge on any atom is 0.407 e. The first-order valence-electron chi connectivity index (χ1n) is 11.7. The molecular formula is C26H29N5O3. The molecule has 4 N–H and O–H groups in total. The van der Waals surface area contributed by atoms with Gasteiger partial charge in [-0.2, -0.15) is 9.78 Å². The number of alkyl carbamates (subject to hydrolysis) is 1. The van der Waals surface area contributed by atoms with Crippen LogP contribution in [0.5, 0.6) is 0 Å². The Labute approximate surface area is 198 Å². The minimum absolute atomic E-state index is 0.105. The van der Waals surface area contributed by atoms with Crippen molar-refractivity contribution in [3.05, 3.63) is 76.5 Å². The van der Waals surface area contributed by atoms with Gasteiger partial charge in [0.2, 0.25) is 0 Å². The number of amides is 1. The van der Waals surface area contributed by atoms with Gasteiger partial charge in [-0.25, -0.2) is 4.79 Å². The molecule has 0 spiro atoms. The number of nitrogens with two attached hydrogens (primary N) is 1. The molecule has 0 radical (unpaired) electrons. The van der Waals surface area contributed by atoms with Crippen molar-refractivity contribution >= 4 is 23.5 Å². The number of nitrogens with zero attached hydrogens (tertiary/aromatic N) is 2. The maximum absolute atomic E-state index is 13.5. The van der Waals surface area contributed by atoms with Crippen molar-refractivity contribution < 1.29 is 14.3 Å². The van der Waals surface area contributed by atoms with Crippen LogP contribution in [0.3, 0.4) is 0 Å². The molecule has 1 aromatic heterocycles. The Hall–Kier alpha value is -3.81. The summed E-state index contributed by atoms with van der Waals surface area (Å²) >= 11 is 0. The molecule has 34 heavy (non-hydrogen) atoms. The van der Waals surface area contributed by atoms with Crippen LogP contribution in [0, 0.1) is 6.92 Å². The summed E-state index contributed by atoms with van der Waals surface area (Å²) in [7, 11) is 0. The summed E-state index contributed by atoms with van der Waals surface area (Å²) < 4.78 is 6.73. The highest BCUT2D eigenvalue weighted by molar-refractivity contribution is 5.90. The molecule has 3 aromatic rings. The Morgan fingerprint density at radius 3 is 2.82 bits per heavy atom. The lowest BCUT2D eigenvalue weighted by Crippen LogP contribution is -2.39. The van der Waals surface area contributed by atoms with E-state index in [1.165, 1.54) is 4.68 Å². The fourth-order valence-electron chi connectivity index (χ4n) is 4.94. The molecule has 8 heteroatoms. The first-order valence-corrected chi connectivity index (χ1v) is 11.7. The molecule has 176 valence electrons. The number of fused-ring (bicyclic) bond motifs is 2. The monoisotopic (exact) mass is 459 g/mol. The fraction of sp³-hybridized carbons (Fsp3) is 0.346. The van der Waals surface area contributed by atoms with Crippen LogP contribution in [0.25, 0.3) is 0 Å². The van der Waals surface area contributed by atoms with Crippen LogP contribution < -0.4 is 16.4 Å². The van der Waals surface area contributed by atoms with Crippen molar-refractivity contribution in [3.8, 4) is 0 Å². The summed E-state index contributed by atoms with van der Waals surface area (Å²) in [6.07, 6.45) is 2.12. The minimum Gasteiger partial charge on any atom is -0.445 e. The highest BCUT2D eigenvalue weighted by atomic mass is 16.5. The Morgan fingerprint density at radius 1 is 1.18 bits per heavy atom. The van der Waals surface area contributed by atoms with Crippen LogP contribution in [-0.4, -0.2) is 34.4 Å². The molecule has 2 heterocycles. The van der Waals surface area contributed by atoms with Crippen LogP contribution >= 0.6 is 0 Å². The molecule has 1 aliphatic carbocycles. The first-order chi connectivity index (χ1) is 16.5. The van der Waals surface area contributed by atoms with E-state index in [9.17, 15) is 9.59 Å². The molecule has 5 rings (SSSR count). The Bertz CT molecular complexity index is 1220. The number of para-hydroxylation sites is 1. The predicted molar refractivity (Wildman–Crippen MR) is 130 cm³/mol. The zero-order valence-corrected chi connectivity index (χ0v) is 19.2. The highest BCUT2D eigenvalue weighted by Crippen LogP contribution is 2.36. The molecule has 0 saturated carbocycles. The Morgan fingerprint density at radius 2 is 2.00 bits per heavy atom. The average molecular weight is 460 g/mol. The number of aryl methyl sites for hydroxylation is 2. The Balaban J connectivity index is 1.27. The van der Waals surface area contributed by atoms with Crippen LogP contribution in [0.15, 0.2) is 48.5 Å². The number of aromatic nitrogens is 2. The standard InChI is InChI=1S/C26H29N5O3/c1-16-6-5-9-19-20(12-13-28-23(16)19)25(32)31-24(27)21-14-18(10-11-22(21)30-31)29-26(33)34-15-17-7-3-2-4-8-17/h2-9,18,20,28H,10-15,27H2,1H3,(H,29,33)/t18-,20?/m0/s1. The smallest absolute Gasteiger partial charge is 0.407 e. The van der Waals surface area contributed by atoms with Gasteiger partial charge in [-0.3, -0.25) is 4.79 Å². The third-order valence-electron chi connectivity index (χ3n) is 6.74. The molecule has 0 fully saturated rings. The fourth-order valence-corrected chi connectivity index (χ4v) is 4.94. The van der Waals surface area contributed by atoms with Crippen molar-refractivity contribution in [2.45, 2.75) is 51.2 Å². The van der Waals surface area contributed by atoms with Gasteiger partial charge in [-0.15, -0.1) is 0 Å². The molecule has 2 atom stereocenters. The summed E-state index contributed by atoms with van der Waals surface area (Å²) in [5, 5.41) is 10.9. The highest BCUT2D eigenvalue weighted by Gasteiger charge is 2.33. The second-order valence-corrected chi connectivity index (χ2v) is 9.01. The number of hydrogen-bond donors (Lipinski definition) is 3. The quantitative estimate of drug-likeness (QED) is 0.547. The van der Waals surface area contributed by atoms with Gasteiger partial charge in [0.15, 0.2) is 0 Å². The van der Waals surface area contributed by atoms with E-state index in [0.717, 1.165) is 40.2 Å². The molecule has 1 unspecified atom stereocenters. The summed E-state index contributed by atoms with van der Waals surface area (Å²) in [6, 6.07) is 15.5. The lowest BCUT2D eigenvalue weighted by atomic mass is 9.88. The molecule has 0 saturated heterocycles. The van der Waals surface area contributed by atoms with Crippen LogP contribution in [0.2, 0.25) is 0 Å². The summed E-state index contributed by atoms with van der Waals surface area (Å²) in [4.78, 5) is 25.8. The summed E-state index contributed by atoms with van der Waals surface area (Å²) in [6.45, 7) is 2.99. The number of rotatable bonds is 4. The van der Waals surface area contributed by atoms with E-state index in [-0.39, 0.29) is 24.5 Å². The number of nitrogen functional groups attached to an aromatic ring is 1. The zero-order valence-electron chi connectivity index (χ0n) is 19.2. The number of anilines is 2. The largest absolute Gasteiger partial charge is 0.445 e. The molecule has 2 aliphatic rings. The minimum atomic E-state index is -0.457. The van der Waals surface area contributed by atoms with E-state index in [1.807, 2.05) is 55.5 Å². The lowest BCUT2D eigenvalue weighted by molar-refractivity contribution is 0.0859. The van der Waals surface area contributed by atoms with Gasteiger partial charge in [0, 0.05) is 23.8 Å². The van der Waals surface area contributed by atoms with Crippen molar-refractivity contribution in [2.75, 3.05) is 17.6 Å². The Kier molecular flexibility index (Phi) is 5.96. The predicted octanol–water partition coefficient (Wildman–Crippen LogP) is 3.80. The SMILES string of the molecule is Cc1cccc2c1NCCC2C(=O)n1nc2c(c1N)C[C@@H](NC(=O)OCc1ccccc1)CC2. The van der Waals surface area contributed by atoms with Crippen LogP contribution in [0.1, 0.15) is 51.5 Å². The maximum atomic E-state index is 13.5. The summed E-state index contributed by atoms with van der Waals surface area (Å²) in [5.74, 6) is -0.0226. The number of ether oxygens (including phenoxy) is 1. The number of carbonyl (C=O) groups excluding carboxylic acids is 2. The third kappa shape index (κ3) is 4.23. The number of carbonyl (C=O) groups is 2. The number of benzene rings is 2. The third-order valence-corrected chi connectivity index (χ3v) is 6.74. The van der Waals surface area contributed by atoms with Crippen molar-refractivity contribution in [2.24, 2.45) is 0 Å². The second-order valence-electron chi connectivity index (χ2n) is 9.01. The number of nitrogens with one attached hydrogen (secondary N) is 2. The lowest BCUT2D eigenvalue weighted by Gasteiger charge is -2.27. The molecule has 2 aromatic carbocycles.